The summed E-state index contributed by atoms with van der Waals surface area (Å²) in [6.07, 6.45) is 15.7. The Morgan fingerprint density at radius 2 is 0.987 bits per heavy atom. The number of benzene rings is 3. The van der Waals surface area contributed by atoms with Crippen LogP contribution >= 0.6 is 49.9 Å². The number of carbonyl (C=O) groups excluding carboxylic acids is 3. The van der Waals surface area contributed by atoms with E-state index in [1.54, 1.807) is 37.2 Å². The number of hydrogen-bond acceptors (Lipinski definition) is 16. The lowest BCUT2D eigenvalue weighted by Crippen LogP contribution is -2.47. The molecule has 0 aliphatic carbocycles. The van der Waals surface area contributed by atoms with Gasteiger partial charge in [-0.3, -0.25) is 40.9 Å². The van der Waals surface area contributed by atoms with Gasteiger partial charge in [-0.05, 0) is 74.8 Å². The van der Waals surface area contributed by atoms with Gasteiger partial charge in [-0.15, -0.1) is 0 Å². The lowest BCUT2D eigenvalue weighted by Gasteiger charge is -2.33. The summed E-state index contributed by atoms with van der Waals surface area (Å²) in [6.45, 7) is 12.8. The number of thiazole rings is 3. The van der Waals surface area contributed by atoms with E-state index in [1.807, 2.05) is 100 Å². The fourth-order valence-electron chi connectivity index (χ4n) is 7.98. The van der Waals surface area contributed by atoms with E-state index in [9.17, 15) is 14.4 Å². The lowest BCUT2D eigenvalue weighted by molar-refractivity contribution is 0.0343. The lowest BCUT2D eigenvalue weighted by atomic mass is 9.75. The van der Waals surface area contributed by atoms with Gasteiger partial charge in [0.1, 0.15) is 0 Å². The highest BCUT2D eigenvalue weighted by Gasteiger charge is 2.34. The van der Waals surface area contributed by atoms with Crippen LogP contribution in [0.1, 0.15) is 34.6 Å². The Morgan fingerprint density at radius 1 is 0.551 bits per heavy atom. The molecule has 10 aromatic rings. The Hall–Kier alpha value is -7.87. The van der Waals surface area contributed by atoms with E-state index in [0.29, 0.717) is 48.2 Å². The van der Waals surface area contributed by atoms with Crippen LogP contribution in [0.25, 0.3) is 75.3 Å². The normalized spacial score (nSPS) is 12.7. The molecule has 1 aliphatic heterocycles. The topological polar surface area (TPSA) is 245 Å². The number of rotatable bonds is 11. The molecule has 0 atom stereocenters. The maximum atomic E-state index is 11.9. The fraction of sp³-hybridized carbons (Fsp3) is 0.204. The van der Waals surface area contributed by atoms with Crippen molar-refractivity contribution < 1.29 is 23.7 Å². The molecule has 6 N–H and O–H groups in total. The van der Waals surface area contributed by atoms with Crippen molar-refractivity contribution in [3.63, 3.8) is 0 Å². The number of pyridine rings is 3. The average Bonchev–Trinajstić information content (AvgIpc) is 4.28. The van der Waals surface area contributed by atoms with Crippen molar-refractivity contribution in [2.75, 3.05) is 48.8 Å². The van der Waals surface area contributed by atoms with Crippen LogP contribution in [0, 0.1) is 5.41 Å². The van der Waals surface area contributed by atoms with Crippen LogP contribution in [0.4, 0.5) is 29.8 Å². The molecule has 1 saturated heterocycles. The molecule has 3 aromatic carbocycles. The van der Waals surface area contributed by atoms with Crippen LogP contribution in [0.2, 0.25) is 0 Å². The summed E-state index contributed by atoms with van der Waals surface area (Å²) in [7, 11) is -0.440. The number of nitrogens with one attached hydrogen (secondary N) is 6. The maximum Gasteiger partial charge on any atom is 0.493 e. The van der Waals surface area contributed by atoms with Gasteiger partial charge < -0.3 is 25.3 Å². The Kier molecular flexibility index (Phi) is 18.0. The van der Waals surface area contributed by atoms with Gasteiger partial charge in [0.2, 0.25) is 0 Å². The highest BCUT2D eigenvalue weighted by molar-refractivity contribution is 9.10. The summed E-state index contributed by atoms with van der Waals surface area (Å²) in [4.78, 5) is 70.3. The van der Waals surface area contributed by atoms with Crippen LogP contribution in [0.3, 0.4) is 0 Å². The fourth-order valence-corrected chi connectivity index (χ4v) is 11.4. The minimum atomic E-state index is -0.440. The van der Waals surface area contributed by atoms with Gasteiger partial charge in [-0.2, -0.15) is 0 Å². The molecule has 78 heavy (non-hydrogen) atoms. The van der Waals surface area contributed by atoms with E-state index in [2.05, 4.69) is 114 Å². The van der Waals surface area contributed by atoms with E-state index < -0.39 is 7.12 Å². The molecule has 396 valence electrons. The van der Waals surface area contributed by atoms with Gasteiger partial charge in [0.15, 0.2) is 15.4 Å². The number of nitrogens with zero attached hydrogens (tertiary/aromatic N) is 8. The number of fused-ring (bicyclic) bond motifs is 3. The summed E-state index contributed by atoms with van der Waals surface area (Å²) in [5.74, 6) is 0. The van der Waals surface area contributed by atoms with E-state index in [-0.39, 0.29) is 23.5 Å². The predicted molar refractivity (Wildman–Crippen MR) is 316 cm³/mol. The number of carbonyl (C=O) groups is 3. The van der Waals surface area contributed by atoms with Crippen molar-refractivity contribution >= 4 is 127 Å². The number of amides is 6. The summed E-state index contributed by atoms with van der Waals surface area (Å²) in [5.41, 5.74) is 11.0. The zero-order valence-corrected chi connectivity index (χ0v) is 47.0. The number of urea groups is 3. The van der Waals surface area contributed by atoms with Crippen molar-refractivity contribution in [3.05, 3.63) is 133 Å². The number of hydrogen-bond donors (Lipinski definition) is 6. The molecule has 0 radical (unpaired) electrons. The van der Waals surface area contributed by atoms with Crippen LogP contribution in [-0.2, 0) is 9.31 Å². The van der Waals surface area contributed by atoms with Crippen LogP contribution < -0.4 is 37.4 Å². The Morgan fingerprint density at radius 3 is 1.42 bits per heavy atom. The number of aromatic nitrogens is 8. The highest BCUT2D eigenvalue weighted by atomic mass is 79.9. The molecule has 7 aromatic heterocycles. The second kappa shape index (κ2) is 25.5. The first-order valence-electron chi connectivity index (χ1n) is 24.7. The van der Waals surface area contributed by atoms with Crippen LogP contribution in [0.15, 0.2) is 133 Å². The molecule has 24 heteroatoms. The van der Waals surface area contributed by atoms with Gasteiger partial charge in [0.25, 0.3) is 0 Å². The molecule has 0 unspecified atom stereocenters. The molecular weight excluding hydrogens is 1110 g/mol. The summed E-state index contributed by atoms with van der Waals surface area (Å²) in [5, 5.41) is 18.1. The quantitative estimate of drug-likeness (QED) is 0.0661. The third-order valence-corrected chi connectivity index (χ3v) is 14.9. The summed E-state index contributed by atoms with van der Waals surface area (Å²) >= 11 is 7.83. The molecule has 1 fully saturated rings. The zero-order valence-electron chi connectivity index (χ0n) is 43.0. The summed E-state index contributed by atoms with van der Waals surface area (Å²) < 4.78 is 15.9. The molecule has 0 spiro atoms. The SMILES string of the molecule is CCNC(=O)Nc1nc2cc(-c3cnccn3)cc(-c3cccnc3)c2s1.CCNC(=O)Nc1nc2cc(B3OCC(C)(C)CO3)cc(-c3cccnc3)c2s1.CCNC(=O)Nc1nc2cc(Br)cc(-c3cccnc3)c2s1. The van der Waals surface area contributed by atoms with Gasteiger partial charge in [-0.1, -0.05) is 88.1 Å². The predicted octanol–water partition coefficient (Wildman–Crippen LogP) is 11.5. The second-order valence-corrected chi connectivity index (χ2v) is 21.9. The minimum absolute atomic E-state index is 0.00284. The highest BCUT2D eigenvalue weighted by Crippen LogP contribution is 2.40. The molecule has 6 amide bonds. The van der Waals surface area contributed by atoms with Gasteiger partial charge in [0, 0.05) is 131 Å². The number of halogens is 1. The molecule has 1 aliphatic rings. The molecule has 11 rings (SSSR count). The van der Waals surface area contributed by atoms with Crippen molar-refractivity contribution in [2.24, 2.45) is 5.41 Å². The van der Waals surface area contributed by atoms with E-state index in [1.165, 1.54) is 34.0 Å². The smallest absolute Gasteiger partial charge is 0.407 e. The van der Waals surface area contributed by atoms with E-state index in [4.69, 9.17) is 9.31 Å². The molecule has 19 nitrogen and oxygen atoms in total. The average molecular weight is 1160 g/mol. The molecule has 0 bridgehead atoms. The minimum Gasteiger partial charge on any atom is -0.407 e. The van der Waals surface area contributed by atoms with Gasteiger partial charge in [0.05, 0.1) is 42.5 Å². The Bertz CT molecular complexity index is 3680. The van der Waals surface area contributed by atoms with E-state index in [0.717, 1.165) is 85.2 Å². The first-order chi connectivity index (χ1) is 37.9. The van der Waals surface area contributed by atoms with Crippen molar-refractivity contribution in [1.29, 1.82) is 0 Å². The maximum absolute atomic E-state index is 11.9. The van der Waals surface area contributed by atoms with Gasteiger partial charge >= 0.3 is 25.2 Å². The first kappa shape index (κ1) is 54.9. The molecule has 0 saturated carbocycles. The first-order valence-corrected chi connectivity index (χ1v) is 28.0. The Labute approximate surface area is 469 Å². The van der Waals surface area contributed by atoms with E-state index >= 15 is 0 Å². The molecule has 8 heterocycles. The van der Waals surface area contributed by atoms with Crippen LogP contribution in [0.5, 0.6) is 0 Å². The largest absolute Gasteiger partial charge is 0.493 e. The second-order valence-electron chi connectivity index (χ2n) is 18.0. The van der Waals surface area contributed by atoms with Gasteiger partial charge in [-0.25, -0.2) is 29.3 Å². The van der Waals surface area contributed by atoms with Crippen molar-refractivity contribution in [1.82, 2.24) is 55.8 Å². The van der Waals surface area contributed by atoms with Crippen LogP contribution in [-0.4, -0.2) is 97.9 Å². The van der Waals surface area contributed by atoms with Crippen molar-refractivity contribution in [3.8, 4) is 44.6 Å². The zero-order chi connectivity index (χ0) is 54.6. The molecular formula is C54H52BBrN14O5S3. The standard InChI is InChI=1S/C20H23BN4O3S.C19H16N6OS.C15H13BrN4OS/c1-4-23-18(26)25-19-24-16-9-14(21-27-11-20(2,3)12-28-21)8-15(17(16)29-19)13-6-5-7-22-10-13;1-2-22-18(26)25-19-24-15-9-13(16-11-21-6-7-23-16)8-14(17(15)27-19)12-4-3-5-20-10-12;1-2-18-14(21)20-15-19-12-7-10(16)6-11(13(12)22-15)9-4-3-5-17-8-9/h5-10H,4,11-12H2,1-3H3,(H2,23,24,25,26);3-11H,2H2,1H3,(H2,22,24,25,26);3-8H,2H2,1H3,(H2,18,19,20,21). The van der Waals surface area contributed by atoms with Crippen molar-refractivity contribution in [2.45, 2.75) is 34.6 Å². The third-order valence-electron chi connectivity index (χ3n) is 11.4. The summed E-state index contributed by atoms with van der Waals surface area (Å²) in [6, 6.07) is 22.9. The monoisotopic (exact) mass is 1160 g/mol. The third kappa shape index (κ3) is 13.8. The Balaban J connectivity index is 0.000000144. The number of anilines is 3.